The van der Waals surface area contributed by atoms with Crippen LogP contribution in [0, 0.1) is 0 Å². The molecule has 0 amide bonds. The molecule has 1 fully saturated rings. The average molecular weight is 254 g/mol. The van der Waals surface area contributed by atoms with Crippen molar-refractivity contribution in [3.63, 3.8) is 0 Å². The third-order valence-corrected chi connectivity index (χ3v) is 3.90. The van der Waals surface area contributed by atoms with Crippen molar-refractivity contribution in [1.29, 1.82) is 0 Å². The third-order valence-electron chi connectivity index (χ3n) is 3.13. The Morgan fingerprint density at radius 2 is 2.35 bits per heavy atom. The van der Waals surface area contributed by atoms with Crippen LogP contribution in [0.25, 0.3) is 0 Å². The summed E-state index contributed by atoms with van der Waals surface area (Å²) >= 11 is 1.55. The van der Waals surface area contributed by atoms with Crippen molar-refractivity contribution in [2.45, 2.75) is 45.6 Å². The Kier molecular flexibility index (Phi) is 4.34. The highest BCUT2D eigenvalue weighted by Gasteiger charge is 2.24. The molecule has 1 aromatic heterocycles. The maximum absolute atomic E-state index is 4.68. The SMILES string of the molecule is CCCN(c1nc(C(C)C)ns1)C1CCNC1. The molecule has 5 heteroatoms. The smallest absolute Gasteiger partial charge is 0.205 e. The number of nitrogens with one attached hydrogen (secondary N) is 1. The van der Waals surface area contributed by atoms with E-state index in [0.29, 0.717) is 12.0 Å². The number of anilines is 1. The maximum atomic E-state index is 4.68. The first-order valence-electron chi connectivity index (χ1n) is 6.53. The summed E-state index contributed by atoms with van der Waals surface area (Å²) in [5.41, 5.74) is 0. The average Bonchev–Trinajstić information content (AvgIpc) is 2.97. The zero-order valence-corrected chi connectivity index (χ0v) is 11.8. The number of hydrogen-bond acceptors (Lipinski definition) is 5. The minimum atomic E-state index is 0.421. The van der Waals surface area contributed by atoms with Crippen molar-refractivity contribution < 1.29 is 0 Å². The van der Waals surface area contributed by atoms with E-state index >= 15 is 0 Å². The van der Waals surface area contributed by atoms with Crippen molar-refractivity contribution in [2.24, 2.45) is 0 Å². The lowest BCUT2D eigenvalue weighted by atomic mass is 10.2. The quantitative estimate of drug-likeness (QED) is 0.875. The minimum Gasteiger partial charge on any atom is -0.343 e. The van der Waals surface area contributed by atoms with Crippen molar-refractivity contribution in [1.82, 2.24) is 14.7 Å². The van der Waals surface area contributed by atoms with E-state index in [1.165, 1.54) is 6.42 Å². The Morgan fingerprint density at radius 1 is 1.53 bits per heavy atom. The molecule has 0 aromatic carbocycles. The Bertz CT molecular complexity index is 344. The summed E-state index contributed by atoms with van der Waals surface area (Å²) in [6.07, 6.45) is 2.38. The molecule has 0 saturated carbocycles. The highest BCUT2D eigenvalue weighted by atomic mass is 32.1. The Balaban J connectivity index is 2.13. The highest BCUT2D eigenvalue weighted by Crippen LogP contribution is 2.25. The second-order valence-electron chi connectivity index (χ2n) is 4.93. The predicted octanol–water partition coefficient (Wildman–Crippen LogP) is 2.24. The van der Waals surface area contributed by atoms with Crippen LogP contribution in [0.5, 0.6) is 0 Å². The summed E-state index contributed by atoms with van der Waals surface area (Å²) in [6.45, 7) is 9.80. The molecule has 1 N–H and O–H groups in total. The molecule has 1 aliphatic heterocycles. The highest BCUT2D eigenvalue weighted by molar-refractivity contribution is 7.09. The molecule has 0 radical (unpaired) electrons. The number of rotatable bonds is 5. The molecule has 1 aromatic rings. The summed E-state index contributed by atoms with van der Waals surface area (Å²) in [5, 5.41) is 4.53. The van der Waals surface area contributed by atoms with Crippen LogP contribution in [0.15, 0.2) is 0 Å². The van der Waals surface area contributed by atoms with Gasteiger partial charge in [-0.2, -0.15) is 4.37 Å². The number of hydrogen-bond donors (Lipinski definition) is 1. The Morgan fingerprint density at radius 3 is 2.88 bits per heavy atom. The van der Waals surface area contributed by atoms with Crippen molar-refractivity contribution >= 4 is 16.7 Å². The van der Waals surface area contributed by atoms with Gasteiger partial charge in [-0.3, -0.25) is 0 Å². The summed E-state index contributed by atoms with van der Waals surface area (Å²) < 4.78 is 4.46. The van der Waals surface area contributed by atoms with Gasteiger partial charge in [0.25, 0.3) is 0 Å². The van der Waals surface area contributed by atoms with Gasteiger partial charge in [-0.1, -0.05) is 20.8 Å². The van der Waals surface area contributed by atoms with Crippen LogP contribution in [0.2, 0.25) is 0 Å². The second kappa shape index (κ2) is 5.78. The molecule has 96 valence electrons. The predicted molar refractivity (Wildman–Crippen MR) is 72.9 cm³/mol. The summed E-state index contributed by atoms with van der Waals surface area (Å²) in [6, 6.07) is 0.600. The zero-order valence-electron chi connectivity index (χ0n) is 10.9. The normalized spacial score (nSPS) is 20.1. The van der Waals surface area contributed by atoms with Gasteiger partial charge in [-0.05, 0) is 19.4 Å². The second-order valence-corrected chi connectivity index (χ2v) is 5.66. The van der Waals surface area contributed by atoms with Gasteiger partial charge >= 0.3 is 0 Å². The molecule has 1 unspecified atom stereocenters. The lowest BCUT2D eigenvalue weighted by Gasteiger charge is -2.27. The van der Waals surface area contributed by atoms with Gasteiger partial charge in [-0.15, -0.1) is 0 Å². The zero-order chi connectivity index (χ0) is 12.3. The van der Waals surface area contributed by atoms with Gasteiger partial charge in [0, 0.05) is 36.6 Å². The third kappa shape index (κ3) is 2.96. The van der Waals surface area contributed by atoms with E-state index < -0.39 is 0 Å². The molecule has 1 atom stereocenters. The van der Waals surface area contributed by atoms with E-state index in [9.17, 15) is 0 Å². The monoisotopic (exact) mass is 254 g/mol. The van der Waals surface area contributed by atoms with E-state index in [0.717, 1.165) is 37.0 Å². The van der Waals surface area contributed by atoms with Crippen LogP contribution < -0.4 is 10.2 Å². The molecule has 1 saturated heterocycles. The first kappa shape index (κ1) is 12.8. The Labute approximate surface area is 108 Å². The standard InChI is InChI=1S/C12H22N4S/c1-4-7-16(10-5-6-13-8-10)12-14-11(9(2)3)15-17-12/h9-10,13H,4-8H2,1-3H3. The largest absolute Gasteiger partial charge is 0.343 e. The van der Waals surface area contributed by atoms with E-state index in [2.05, 4.69) is 40.3 Å². The summed E-state index contributed by atoms with van der Waals surface area (Å²) in [7, 11) is 0. The van der Waals surface area contributed by atoms with Gasteiger partial charge in [0.1, 0.15) is 5.82 Å². The molecular formula is C12H22N4S. The van der Waals surface area contributed by atoms with E-state index in [4.69, 9.17) is 0 Å². The van der Waals surface area contributed by atoms with E-state index in [1.54, 1.807) is 11.5 Å². The lowest BCUT2D eigenvalue weighted by Crippen LogP contribution is -2.37. The molecule has 0 aliphatic carbocycles. The van der Waals surface area contributed by atoms with Crippen molar-refractivity contribution in [3.8, 4) is 0 Å². The van der Waals surface area contributed by atoms with E-state index in [1.807, 2.05) is 0 Å². The maximum Gasteiger partial charge on any atom is 0.205 e. The lowest BCUT2D eigenvalue weighted by molar-refractivity contribution is 0.621. The van der Waals surface area contributed by atoms with Crippen LogP contribution >= 0.6 is 11.5 Å². The first-order chi connectivity index (χ1) is 8.22. The molecule has 4 nitrogen and oxygen atoms in total. The number of nitrogens with zero attached hydrogens (tertiary/aromatic N) is 3. The van der Waals surface area contributed by atoms with Gasteiger partial charge in [0.2, 0.25) is 5.13 Å². The fourth-order valence-electron chi connectivity index (χ4n) is 2.16. The summed E-state index contributed by atoms with van der Waals surface area (Å²) in [5.74, 6) is 1.40. The van der Waals surface area contributed by atoms with Crippen LogP contribution in [-0.2, 0) is 0 Å². The molecule has 17 heavy (non-hydrogen) atoms. The summed E-state index contributed by atoms with van der Waals surface area (Å²) in [4.78, 5) is 7.11. The van der Waals surface area contributed by atoms with E-state index in [-0.39, 0.29) is 0 Å². The van der Waals surface area contributed by atoms with Gasteiger partial charge < -0.3 is 10.2 Å². The first-order valence-corrected chi connectivity index (χ1v) is 7.30. The molecular weight excluding hydrogens is 232 g/mol. The van der Waals surface area contributed by atoms with Gasteiger partial charge in [-0.25, -0.2) is 4.98 Å². The fraction of sp³-hybridized carbons (Fsp3) is 0.833. The van der Waals surface area contributed by atoms with Crippen LogP contribution in [-0.4, -0.2) is 35.0 Å². The van der Waals surface area contributed by atoms with Crippen LogP contribution in [0.1, 0.15) is 45.4 Å². The molecule has 2 heterocycles. The number of aromatic nitrogens is 2. The topological polar surface area (TPSA) is 41.1 Å². The molecule has 0 spiro atoms. The fourth-order valence-corrected chi connectivity index (χ4v) is 3.06. The van der Waals surface area contributed by atoms with Crippen molar-refractivity contribution in [3.05, 3.63) is 5.82 Å². The molecule has 2 rings (SSSR count). The van der Waals surface area contributed by atoms with Gasteiger partial charge in [0.15, 0.2) is 0 Å². The molecule has 0 bridgehead atoms. The van der Waals surface area contributed by atoms with Crippen LogP contribution in [0.4, 0.5) is 5.13 Å². The van der Waals surface area contributed by atoms with Crippen molar-refractivity contribution in [2.75, 3.05) is 24.5 Å². The molecule has 1 aliphatic rings. The minimum absolute atomic E-state index is 0.421. The van der Waals surface area contributed by atoms with Gasteiger partial charge in [0.05, 0.1) is 0 Å². The van der Waals surface area contributed by atoms with Crippen LogP contribution in [0.3, 0.4) is 0 Å². The Hall–Kier alpha value is -0.680.